The average molecular weight is 396 g/mol. The lowest BCUT2D eigenvalue weighted by molar-refractivity contribution is 0.0711. The molecule has 0 unspecified atom stereocenters. The second-order valence-electron chi connectivity index (χ2n) is 6.08. The Balaban J connectivity index is 1.70. The second kappa shape index (κ2) is 7.65. The molecule has 1 fully saturated rings. The van der Waals surface area contributed by atoms with Crippen molar-refractivity contribution in [3.05, 3.63) is 41.3 Å². The predicted molar refractivity (Wildman–Crippen MR) is 99.1 cm³/mol. The monoisotopic (exact) mass is 396 g/mol. The molecule has 7 nitrogen and oxygen atoms in total. The summed E-state index contributed by atoms with van der Waals surface area (Å²) in [7, 11) is -3.71. The normalized spacial score (nSPS) is 18.4. The second-order valence-corrected chi connectivity index (χ2v) is 8.94. The molecule has 3 N–H and O–H groups in total. The number of phenolic OH excluding ortho intramolecular Hbond substituents is 1. The molecule has 1 aromatic carbocycles. The van der Waals surface area contributed by atoms with Crippen LogP contribution in [0.1, 0.15) is 30.1 Å². The molecule has 1 amide bonds. The quantitative estimate of drug-likeness (QED) is 0.696. The molecule has 1 aliphatic heterocycles. The van der Waals surface area contributed by atoms with Gasteiger partial charge in [-0.3, -0.25) is 9.52 Å². The number of rotatable bonds is 6. The Hall–Kier alpha value is -2.10. The Morgan fingerprint density at radius 3 is 2.81 bits per heavy atom. The molecular weight excluding hydrogens is 376 g/mol. The summed E-state index contributed by atoms with van der Waals surface area (Å²) >= 11 is 1.09. The summed E-state index contributed by atoms with van der Waals surface area (Å²) in [5.74, 6) is -0.730. The van der Waals surface area contributed by atoms with Gasteiger partial charge in [-0.1, -0.05) is 6.07 Å². The van der Waals surface area contributed by atoms with Gasteiger partial charge in [0.25, 0.3) is 15.9 Å². The number of hydrogen-bond acceptors (Lipinski definition) is 6. The van der Waals surface area contributed by atoms with Gasteiger partial charge in [-0.15, -0.1) is 11.3 Å². The fourth-order valence-corrected chi connectivity index (χ4v) is 4.83. The van der Waals surface area contributed by atoms with Crippen LogP contribution >= 0.6 is 11.3 Å². The number of nitrogens with one attached hydrogen (secondary N) is 2. The van der Waals surface area contributed by atoms with E-state index < -0.39 is 15.9 Å². The smallest absolute Gasteiger partial charge is 0.271 e. The molecule has 1 saturated heterocycles. The lowest BCUT2D eigenvalue weighted by atomic mass is 10.1. The Kier molecular flexibility index (Phi) is 5.49. The van der Waals surface area contributed by atoms with Crippen LogP contribution in [-0.4, -0.2) is 38.2 Å². The van der Waals surface area contributed by atoms with E-state index in [0.29, 0.717) is 6.61 Å². The number of phenols is 1. The first-order chi connectivity index (χ1) is 12.4. The summed E-state index contributed by atoms with van der Waals surface area (Å²) in [6, 6.07) is 6.99. The van der Waals surface area contributed by atoms with Gasteiger partial charge in [0.2, 0.25) is 0 Å². The summed E-state index contributed by atoms with van der Waals surface area (Å²) in [4.78, 5) is 12.4. The molecule has 1 aliphatic rings. The standard InChI is InChI=1S/C17H20N2O5S2/c1-11(15-4-2-8-24-15)18-17(21)13-7-6-12(10-14(13)20)19-26(22,23)16-5-3-9-25-16/h3,5-7,9-11,15,19-20H,2,4,8H2,1H3,(H,18,21)/t11-,15+/m1/s1. The van der Waals surface area contributed by atoms with E-state index in [0.717, 1.165) is 24.2 Å². The summed E-state index contributed by atoms with van der Waals surface area (Å²) < 4.78 is 32.5. The zero-order chi connectivity index (χ0) is 18.7. The molecular formula is C17H20N2O5S2. The molecule has 9 heteroatoms. The van der Waals surface area contributed by atoms with Crippen LogP contribution in [0.5, 0.6) is 5.75 Å². The number of aromatic hydroxyl groups is 1. The molecule has 1 aromatic heterocycles. The number of ether oxygens (including phenoxy) is 1. The molecule has 0 aliphatic carbocycles. The molecule has 140 valence electrons. The molecule has 2 heterocycles. The van der Waals surface area contributed by atoms with Crippen molar-refractivity contribution >= 4 is 33.0 Å². The maximum atomic E-state index is 12.4. The van der Waals surface area contributed by atoms with Crippen LogP contribution < -0.4 is 10.0 Å². The minimum atomic E-state index is -3.71. The number of sulfonamides is 1. The molecule has 0 radical (unpaired) electrons. The fraction of sp³-hybridized carbons (Fsp3) is 0.353. The molecule has 26 heavy (non-hydrogen) atoms. The third-order valence-corrected chi connectivity index (χ3v) is 6.91. The highest BCUT2D eigenvalue weighted by molar-refractivity contribution is 7.94. The zero-order valence-electron chi connectivity index (χ0n) is 14.1. The predicted octanol–water partition coefficient (Wildman–Crippen LogP) is 2.55. The van der Waals surface area contributed by atoms with Crippen LogP contribution in [0.25, 0.3) is 0 Å². The van der Waals surface area contributed by atoms with Gasteiger partial charge in [-0.2, -0.15) is 0 Å². The van der Waals surface area contributed by atoms with Gasteiger partial charge in [0.1, 0.15) is 9.96 Å². The Bertz CT molecular complexity index is 875. The molecule has 2 atom stereocenters. The number of anilines is 1. The SMILES string of the molecule is C[C@@H](NC(=O)c1ccc(NS(=O)(=O)c2cccs2)cc1O)[C@@H]1CCCO1. The maximum Gasteiger partial charge on any atom is 0.271 e. The zero-order valence-corrected chi connectivity index (χ0v) is 15.8. The van der Waals surface area contributed by atoms with Crippen molar-refractivity contribution in [3.63, 3.8) is 0 Å². The first kappa shape index (κ1) is 18.7. The Labute approximate surface area is 156 Å². The van der Waals surface area contributed by atoms with Gasteiger partial charge in [0, 0.05) is 12.7 Å². The highest BCUT2D eigenvalue weighted by atomic mass is 32.2. The van der Waals surface area contributed by atoms with Crippen molar-refractivity contribution in [2.75, 3.05) is 11.3 Å². The van der Waals surface area contributed by atoms with Crippen LogP contribution in [0.15, 0.2) is 39.9 Å². The third kappa shape index (κ3) is 4.17. The van der Waals surface area contributed by atoms with E-state index in [4.69, 9.17) is 4.74 Å². The van der Waals surface area contributed by atoms with E-state index >= 15 is 0 Å². The van der Waals surface area contributed by atoms with E-state index in [2.05, 4.69) is 10.0 Å². The lowest BCUT2D eigenvalue weighted by Crippen LogP contribution is -2.40. The van der Waals surface area contributed by atoms with E-state index in [-0.39, 0.29) is 33.4 Å². The highest BCUT2D eigenvalue weighted by Gasteiger charge is 2.25. The van der Waals surface area contributed by atoms with Gasteiger partial charge < -0.3 is 15.2 Å². The van der Waals surface area contributed by atoms with E-state index in [1.165, 1.54) is 24.3 Å². The summed E-state index contributed by atoms with van der Waals surface area (Å²) in [5.41, 5.74) is 0.258. The van der Waals surface area contributed by atoms with Gasteiger partial charge in [-0.05, 0) is 43.3 Å². The largest absolute Gasteiger partial charge is 0.507 e. The van der Waals surface area contributed by atoms with E-state index in [9.17, 15) is 18.3 Å². The molecule has 2 aromatic rings. The number of amides is 1. The summed E-state index contributed by atoms with van der Waals surface area (Å²) in [6.07, 6.45) is 1.82. The van der Waals surface area contributed by atoms with Crippen molar-refractivity contribution in [2.24, 2.45) is 0 Å². The van der Waals surface area contributed by atoms with Gasteiger partial charge in [0.05, 0.1) is 23.4 Å². The van der Waals surface area contributed by atoms with E-state index in [1.54, 1.807) is 11.4 Å². The number of carbonyl (C=O) groups is 1. The molecule has 3 rings (SSSR count). The average Bonchev–Trinajstić information content (AvgIpc) is 3.28. The summed E-state index contributed by atoms with van der Waals surface area (Å²) in [6.45, 7) is 2.55. The fourth-order valence-electron chi connectivity index (χ4n) is 2.78. The van der Waals surface area contributed by atoms with Gasteiger partial charge in [-0.25, -0.2) is 8.42 Å². The van der Waals surface area contributed by atoms with Gasteiger partial charge in [0.15, 0.2) is 0 Å². The number of benzene rings is 1. The Morgan fingerprint density at radius 2 is 2.19 bits per heavy atom. The highest BCUT2D eigenvalue weighted by Crippen LogP contribution is 2.26. The number of thiophene rings is 1. The van der Waals surface area contributed by atoms with Crippen LogP contribution in [0, 0.1) is 0 Å². The number of hydrogen-bond donors (Lipinski definition) is 3. The topological polar surface area (TPSA) is 105 Å². The first-order valence-electron chi connectivity index (χ1n) is 8.18. The van der Waals surface area contributed by atoms with Crippen LogP contribution in [0.3, 0.4) is 0 Å². The minimum Gasteiger partial charge on any atom is -0.507 e. The van der Waals surface area contributed by atoms with E-state index in [1.807, 2.05) is 6.92 Å². The van der Waals surface area contributed by atoms with Crippen molar-refractivity contribution in [1.29, 1.82) is 0 Å². The number of carbonyl (C=O) groups excluding carboxylic acids is 1. The molecule has 0 saturated carbocycles. The van der Waals surface area contributed by atoms with Crippen molar-refractivity contribution < 1.29 is 23.1 Å². The van der Waals surface area contributed by atoms with Crippen LogP contribution in [0.2, 0.25) is 0 Å². The van der Waals surface area contributed by atoms with Crippen molar-refractivity contribution in [2.45, 2.75) is 36.1 Å². The Morgan fingerprint density at radius 1 is 1.38 bits per heavy atom. The molecule has 0 spiro atoms. The third-order valence-electron chi connectivity index (χ3n) is 4.14. The van der Waals surface area contributed by atoms with Gasteiger partial charge >= 0.3 is 0 Å². The van der Waals surface area contributed by atoms with Crippen LogP contribution in [-0.2, 0) is 14.8 Å². The van der Waals surface area contributed by atoms with Crippen LogP contribution in [0.4, 0.5) is 5.69 Å². The first-order valence-corrected chi connectivity index (χ1v) is 10.5. The summed E-state index contributed by atoms with van der Waals surface area (Å²) in [5, 5.41) is 14.6. The molecule has 0 bridgehead atoms. The van der Waals surface area contributed by atoms with Crippen molar-refractivity contribution in [3.8, 4) is 5.75 Å². The minimum absolute atomic E-state index is 0.0297. The lowest BCUT2D eigenvalue weighted by Gasteiger charge is -2.20. The van der Waals surface area contributed by atoms with Crippen molar-refractivity contribution in [1.82, 2.24) is 5.32 Å². The maximum absolute atomic E-state index is 12.4.